The molecule has 0 aliphatic carbocycles. The molecule has 0 atom stereocenters. The number of nitrogens with one attached hydrogen (secondary N) is 3. The third kappa shape index (κ3) is 4.24. The zero-order valence-corrected chi connectivity index (χ0v) is 12.8. The molecule has 0 fully saturated rings. The summed E-state index contributed by atoms with van der Waals surface area (Å²) in [5.74, 6) is 0. The van der Waals surface area contributed by atoms with E-state index < -0.39 is 0 Å². The lowest BCUT2D eigenvalue weighted by Gasteiger charge is -2.13. The van der Waals surface area contributed by atoms with E-state index in [1.807, 2.05) is 24.3 Å². The maximum absolute atomic E-state index is 5.25. The van der Waals surface area contributed by atoms with E-state index in [4.69, 9.17) is 12.2 Å². The minimum absolute atomic E-state index is 0.535. The second-order valence-corrected chi connectivity index (χ2v) is 5.35. The van der Waals surface area contributed by atoms with Crippen LogP contribution in [-0.4, -0.2) is 5.11 Å². The molecule has 0 saturated carbocycles. The van der Waals surface area contributed by atoms with Crippen molar-refractivity contribution in [2.45, 2.75) is 20.8 Å². The molecule has 2 aromatic carbocycles. The Hall–Kier alpha value is -2.07. The highest BCUT2D eigenvalue weighted by Crippen LogP contribution is 2.13. The number of thiocarbonyl (C=S) groups is 1. The molecule has 0 saturated heterocycles. The van der Waals surface area contributed by atoms with Crippen molar-refractivity contribution in [3.8, 4) is 0 Å². The average Bonchev–Trinajstić information content (AvgIpc) is 2.38. The smallest absolute Gasteiger partial charge is 0.189 e. The number of benzene rings is 2. The van der Waals surface area contributed by atoms with Crippen LogP contribution in [0.5, 0.6) is 0 Å². The van der Waals surface area contributed by atoms with Crippen molar-refractivity contribution in [2.24, 2.45) is 0 Å². The van der Waals surface area contributed by atoms with E-state index in [1.54, 1.807) is 0 Å². The Morgan fingerprint density at radius 3 is 2.00 bits per heavy atom. The van der Waals surface area contributed by atoms with Crippen LogP contribution < -0.4 is 16.2 Å². The van der Waals surface area contributed by atoms with Gasteiger partial charge in [-0.25, -0.2) is 0 Å². The van der Waals surface area contributed by atoms with Crippen molar-refractivity contribution in [3.05, 3.63) is 59.2 Å². The molecule has 3 nitrogen and oxygen atoms in total. The first kappa shape index (κ1) is 14.3. The van der Waals surface area contributed by atoms with Gasteiger partial charge in [0.1, 0.15) is 0 Å². The van der Waals surface area contributed by atoms with Crippen LogP contribution in [0.2, 0.25) is 0 Å². The topological polar surface area (TPSA) is 36.1 Å². The van der Waals surface area contributed by atoms with Gasteiger partial charge >= 0.3 is 0 Å². The highest BCUT2D eigenvalue weighted by molar-refractivity contribution is 7.80. The van der Waals surface area contributed by atoms with Gasteiger partial charge in [-0.3, -0.25) is 10.9 Å². The SMILES string of the molecule is Cc1ccc(NC(=S)NNc2cc(C)cc(C)c2)cc1. The molecule has 4 heteroatoms. The van der Waals surface area contributed by atoms with E-state index in [-0.39, 0.29) is 0 Å². The molecule has 2 aromatic rings. The molecule has 0 aliphatic heterocycles. The van der Waals surface area contributed by atoms with Gasteiger partial charge in [-0.1, -0.05) is 23.8 Å². The molecule has 0 heterocycles. The fourth-order valence-corrected chi connectivity index (χ4v) is 2.14. The standard InChI is InChI=1S/C16H19N3S/c1-11-4-6-14(7-5-11)17-16(20)19-18-15-9-12(2)8-13(3)10-15/h4-10,18H,1-3H3,(H2,17,19,20). The first-order valence-electron chi connectivity index (χ1n) is 6.51. The van der Waals surface area contributed by atoms with E-state index in [0.717, 1.165) is 11.4 Å². The second-order valence-electron chi connectivity index (χ2n) is 4.95. The van der Waals surface area contributed by atoms with Crippen LogP contribution in [0, 0.1) is 20.8 Å². The predicted octanol–water partition coefficient (Wildman–Crippen LogP) is 3.93. The number of aryl methyl sites for hydroxylation is 3. The summed E-state index contributed by atoms with van der Waals surface area (Å²) in [5.41, 5.74) is 11.7. The molecule has 0 radical (unpaired) electrons. The number of hydrogen-bond acceptors (Lipinski definition) is 2. The highest BCUT2D eigenvalue weighted by Gasteiger charge is 1.98. The molecule has 20 heavy (non-hydrogen) atoms. The van der Waals surface area contributed by atoms with Crippen molar-refractivity contribution in [3.63, 3.8) is 0 Å². The zero-order valence-electron chi connectivity index (χ0n) is 11.9. The maximum Gasteiger partial charge on any atom is 0.189 e. The van der Waals surface area contributed by atoms with E-state index in [0.29, 0.717) is 5.11 Å². The van der Waals surface area contributed by atoms with Crippen LogP contribution in [-0.2, 0) is 0 Å². The van der Waals surface area contributed by atoms with Crippen LogP contribution in [0.1, 0.15) is 16.7 Å². The lowest BCUT2D eigenvalue weighted by atomic mass is 10.1. The van der Waals surface area contributed by atoms with E-state index in [2.05, 4.69) is 55.1 Å². The molecule has 3 N–H and O–H groups in total. The largest absolute Gasteiger partial charge is 0.331 e. The Kier molecular flexibility index (Phi) is 4.58. The molecule has 0 aromatic heterocycles. The Morgan fingerprint density at radius 1 is 0.800 bits per heavy atom. The summed E-state index contributed by atoms with van der Waals surface area (Å²) in [6.07, 6.45) is 0. The van der Waals surface area contributed by atoms with Gasteiger partial charge in [-0.2, -0.15) is 0 Å². The first-order valence-corrected chi connectivity index (χ1v) is 6.92. The summed E-state index contributed by atoms with van der Waals surface area (Å²) in [6.45, 7) is 6.20. The highest BCUT2D eigenvalue weighted by atomic mass is 32.1. The Morgan fingerprint density at radius 2 is 1.40 bits per heavy atom. The summed E-state index contributed by atoms with van der Waals surface area (Å²) < 4.78 is 0. The lowest BCUT2D eigenvalue weighted by Crippen LogP contribution is -2.33. The van der Waals surface area contributed by atoms with Crippen molar-refractivity contribution in [1.29, 1.82) is 0 Å². The number of rotatable bonds is 3. The summed E-state index contributed by atoms with van der Waals surface area (Å²) in [5, 5.41) is 3.66. The van der Waals surface area contributed by atoms with Gasteiger partial charge in [0.2, 0.25) is 0 Å². The molecule has 0 spiro atoms. The normalized spacial score (nSPS) is 9.95. The Balaban J connectivity index is 1.90. The Labute approximate surface area is 125 Å². The van der Waals surface area contributed by atoms with Crippen molar-refractivity contribution < 1.29 is 0 Å². The van der Waals surface area contributed by atoms with Gasteiger partial charge in [-0.15, -0.1) is 0 Å². The number of anilines is 2. The number of hydrazine groups is 1. The van der Waals surface area contributed by atoms with Crippen molar-refractivity contribution in [1.82, 2.24) is 5.43 Å². The summed E-state index contributed by atoms with van der Waals surface area (Å²) in [6, 6.07) is 14.3. The summed E-state index contributed by atoms with van der Waals surface area (Å²) in [7, 11) is 0. The number of hydrogen-bond donors (Lipinski definition) is 3. The van der Waals surface area contributed by atoms with Crippen molar-refractivity contribution in [2.75, 3.05) is 10.7 Å². The fraction of sp³-hybridized carbons (Fsp3) is 0.188. The van der Waals surface area contributed by atoms with Crippen molar-refractivity contribution >= 4 is 28.7 Å². The molecule has 104 valence electrons. The zero-order chi connectivity index (χ0) is 14.5. The molecule has 2 rings (SSSR count). The van der Waals surface area contributed by atoms with Gasteiger partial charge in [0.25, 0.3) is 0 Å². The van der Waals surface area contributed by atoms with Crippen LogP contribution in [0.25, 0.3) is 0 Å². The van der Waals surface area contributed by atoms with Crippen LogP contribution in [0.15, 0.2) is 42.5 Å². The van der Waals surface area contributed by atoms with Gasteiger partial charge < -0.3 is 5.32 Å². The monoisotopic (exact) mass is 285 g/mol. The fourth-order valence-electron chi connectivity index (χ4n) is 1.98. The van der Waals surface area contributed by atoms with Crippen LogP contribution >= 0.6 is 12.2 Å². The van der Waals surface area contributed by atoms with Gasteiger partial charge in [0.05, 0.1) is 5.69 Å². The molecule has 0 bridgehead atoms. The third-order valence-electron chi connectivity index (χ3n) is 2.85. The van der Waals surface area contributed by atoms with Gasteiger partial charge in [0, 0.05) is 5.69 Å². The van der Waals surface area contributed by atoms with Gasteiger partial charge in [-0.05, 0) is 68.4 Å². The third-order valence-corrected chi connectivity index (χ3v) is 3.06. The molecular weight excluding hydrogens is 266 g/mol. The van der Waals surface area contributed by atoms with Crippen LogP contribution in [0.4, 0.5) is 11.4 Å². The molecule has 0 aliphatic rings. The van der Waals surface area contributed by atoms with E-state index in [1.165, 1.54) is 16.7 Å². The quantitative estimate of drug-likeness (QED) is 0.590. The summed E-state index contributed by atoms with van der Waals surface area (Å²) in [4.78, 5) is 0. The second kappa shape index (κ2) is 6.39. The molecular formula is C16H19N3S. The average molecular weight is 285 g/mol. The van der Waals surface area contributed by atoms with Crippen LogP contribution in [0.3, 0.4) is 0 Å². The summed E-state index contributed by atoms with van der Waals surface area (Å²) >= 11 is 5.25. The minimum atomic E-state index is 0.535. The van der Waals surface area contributed by atoms with E-state index >= 15 is 0 Å². The van der Waals surface area contributed by atoms with Gasteiger partial charge in [0.15, 0.2) is 5.11 Å². The Bertz CT molecular complexity index is 585. The lowest BCUT2D eigenvalue weighted by molar-refractivity contribution is 1.13. The predicted molar refractivity (Wildman–Crippen MR) is 90.1 cm³/mol. The maximum atomic E-state index is 5.25. The molecule has 0 unspecified atom stereocenters. The first-order chi connectivity index (χ1) is 9.52. The minimum Gasteiger partial charge on any atom is -0.331 e. The molecule has 0 amide bonds. The van der Waals surface area contributed by atoms with E-state index in [9.17, 15) is 0 Å².